The topological polar surface area (TPSA) is 108 Å². The van der Waals surface area contributed by atoms with E-state index >= 15 is 0 Å². The van der Waals surface area contributed by atoms with E-state index in [9.17, 15) is 10.1 Å². The molecule has 4 N–H and O–H groups in total. The second-order valence-corrected chi connectivity index (χ2v) is 1.66. The van der Waals surface area contributed by atoms with E-state index in [0.29, 0.717) is 0 Å². The first-order valence-electron chi connectivity index (χ1n) is 3.14. The molecule has 12 heavy (non-hydrogen) atoms. The van der Waals surface area contributed by atoms with E-state index in [1.54, 1.807) is 0 Å². The summed E-state index contributed by atoms with van der Waals surface area (Å²) in [6.45, 7) is 0. The first kappa shape index (κ1) is 10.3. The summed E-state index contributed by atoms with van der Waals surface area (Å²) in [5.41, 5.74) is 9.52. The molecule has 0 atom stereocenters. The summed E-state index contributed by atoms with van der Waals surface area (Å²) in [6.07, 6.45) is 1.41. The van der Waals surface area contributed by atoms with Gasteiger partial charge in [0, 0.05) is 12.3 Å². The Kier molecular flexibility index (Phi) is 4.32. The van der Waals surface area contributed by atoms with Crippen molar-refractivity contribution in [1.29, 1.82) is 0 Å². The predicted molar refractivity (Wildman–Crippen MR) is 45.4 cm³/mol. The van der Waals surface area contributed by atoms with Crippen molar-refractivity contribution in [2.75, 3.05) is 12.8 Å². The lowest BCUT2D eigenvalue weighted by molar-refractivity contribution is -0.384. The highest BCUT2D eigenvalue weighted by atomic mass is 16.6. The van der Waals surface area contributed by atoms with Gasteiger partial charge in [0.15, 0.2) is 0 Å². The van der Waals surface area contributed by atoms with Gasteiger partial charge in [0.05, 0.1) is 4.92 Å². The minimum Gasteiger partial charge on any atom is -0.378 e. The number of rotatable bonds is 1. The van der Waals surface area contributed by atoms with Gasteiger partial charge >= 0.3 is 5.69 Å². The molecule has 0 unspecified atom stereocenters. The zero-order valence-corrected chi connectivity index (χ0v) is 6.60. The normalized spacial score (nSPS) is 8.17. The number of hydrogen-bond acceptors (Lipinski definition) is 5. The van der Waals surface area contributed by atoms with Crippen LogP contribution in [0.3, 0.4) is 0 Å². The van der Waals surface area contributed by atoms with Crippen molar-refractivity contribution >= 4 is 11.5 Å². The molecule has 0 spiro atoms. The van der Waals surface area contributed by atoms with Crippen molar-refractivity contribution in [2.24, 2.45) is 5.73 Å². The highest BCUT2D eigenvalue weighted by Crippen LogP contribution is 2.15. The van der Waals surface area contributed by atoms with Gasteiger partial charge in [-0.1, -0.05) is 0 Å². The Hall–Kier alpha value is -1.69. The fourth-order valence-electron chi connectivity index (χ4n) is 0.563. The molecule has 0 amide bonds. The maximum absolute atomic E-state index is 10.1. The lowest BCUT2D eigenvalue weighted by atomic mass is 10.4. The third kappa shape index (κ3) is 2.51. The maximum atomic E-state index is 10.1. The molecule has 1 aromatic heterocycles. The molecular weight excluding hydrogens is 160 g/mol. The Morgan fingerprint density at radius 1 is 1.58 bits per heavy atom. The van der Waals surface area contributed by atoms with E-state index in [1.807, 2.05) is 0 Å². The lowest BCUT2D eigenvalue weighted by Gasteiger charge is -1.91. The Labute approximate surface area is 69.4 Å². The highest BCUT2D eigenvalue weighted by Gasteiger charge is 2.08. The zero-order chi connectivity index (χ0) is 9.56. The van der Waals surface area contributed by atoms with Gasteiger partial charge < -0.3 is 11.5 Å². The quantitative estimate of drug-likeness (QED) is 0.460. The van der Waals surface area contributed by atoms with E-state index in [4.69, 9.17) is 5.73 Å². The summed E-state index contributed by atoms with van der Waals surface area (Å²) in [5.74, 6) is -0.0486. The number of nitrogens with two attached hydrogens (primary N) is 2. The largest absolute Gasteiger partial charge is 0.378 e. The van der Waals surface area contributed by atoms with Crippen LogP contribution in [-0.2, 0) is 0 Å². The zero-order valence-electron chi connectivity index (χ0n) is 6.60. The molecule has 1 aromatic rings. The third-order valence-electron chi connectivity index (χ3n) is 1.01. The number of anilines is 1. The summed E-state index contributed by atoms with van der Waals surface area (Å²) < 4.78 is 0. The van der Waals surface area contributed by atoms with Gasteiger partial charge in [-0.15, -0.1) is 0 Å². The molecule has 0 radical (unpaired) electrons. The first-order valence-corrected chi connectivity index (χ1v) is 3.14. The SMILES string of the molecule is CN.Nc1ncccc1[N+](=O)[O-]. The molecule has 0 fully saturated rings. The van der Waals surface area contributed by atoms with Gasteiger partial charge in [-0.05, 0) is 13.1 Å². The summed E-state index contributed by atoms with van der Waals surface area (Å²) in [4.78, 5) is 13.1. The molecule has 0 saturated carbocycles. The van der Waals surface area contributed by atoms with Crippen LogP contribution in [0.4, 0.5) is 11.5 Å². The molecule has 0 aliphatic heterocycles. The van der Waals surface area contributed by atoms with E-state index < -0.39 is 4.92 Å². The van der Waals surface area contributed by atoms with Crippen LogP contribution in [-0.4, -0.2) is 17.0 Å². The standard InChI is InChI=1S/C5H5N3O2.CH5N/c6-5-4(8(9)10)2-1-3-7-5;1-2/h1-3H,(H2,6,7);2H2,1H3. The summed E-state index contributed by atoms with van der Waals surface area (Å²) in [5, 5.41) is 10.1. The molecule has 1 heterocycles. The molecule has 0 aliphatic carbocycles. The van der Waals surface area contributed by atoms with E-state index in [1.165, 1.54) is 25.4 Å². The number of nitrogen functional groups attached to an aromatic ring is 1. The minimum absolute atomic E-state index is 0.0486. The van der Waals surface area contributed by atoms with Crippen molar-refractivity contribution in [3.8, 4) is 0 Å². The fourth-order valence-corrected chi connectivity index (χ4v) is 0.563. The van der Waals surface area contributed by atoms with Gasteiger partial charge in [-0.25, -0.2) is 4.98 Å². The van der Waals surface area contributed by atoms with Crippen molar-refractivity contribution in [1.82, 2.24) is 4.98 Å². The molecule has 0 bridgehead atoms. The Balaban J connectivity index is 0.000000561. The second-order valence-electron chi connectivity index (χ2n) is 1.66. The Morgan fingerprint density at radius 3 is 2.50 bits per heavy atom. The van der Waals surface area contributed by atoms with E-state index in [-0.39, 0.29) is 11.5 Å². The summed E-state index contributed by atoms with van der Waals surface area (Å²) >= 11 is 0. The number of nitro groups is 1. The average Bonchev–Trinajstić information content (AvgIpc) is 2.08. The first-order chi connectivity index (χ1) is 5.72. The smallest absolute Gasteiger partial charge is 0.311 e. The number of pyridine rings is 1. The lowest BCUT2D eigenvalue weighted by Crippen LogP contribution is -1.96. The van der Waals surface area contributed by atoms with Crippen molar-refractivity contribution < 1.29 is 4.92 Å². The van der Waals surface area contributed by atoms with Gasteiger partial charge in [0.25, 0.3) is 0 Å². The van der Waals surface area contributed by atoms with Gasteiger partial charge in [0.1, 0.15) is 0 Å². The molecule has 6 nitrogen and oxygen atoms in total. The predicted octanol–water partition coefficient (Wildman–Crippen LogP) is 0.147. The number of aromatic nitrogens is 1. The molecule has 0 aromatic carbocycles. The van der Waals surface area contributed by atoms with Crippen LogP contribution < -0.4 is 11.5 Å². The molecule has 66 valence electrons. The summed E-state index contributed by atoms with van der Waals surface area (Å²) in [7, 11) is 1.50. The molecule has 0 aliphatic rings. The molecular formula is C6H10N4O2. The van der Waals surface area contributed by atoms with Crippen LogP contribution in [0.2, 0.25) is 0 Å². The van der Waals surface area contributed by atoms with Crippen LogP contribution in [0, 0.1) is 10.1 Å². The van der Waals surface area contributed by atoms with Crippen LogP contribution in [0.5, 0.6) is 0 Å². The minimum atomic E-state index is -0.567. The van der Waals surface area contributed by atoms with E-state index in [0.717, 1.165) is 0 Å². The number of nitrogens with zero attached hydrogens (tertiary/aromatic N) is 2. The second kappa shape index (κ2) is 5.03. The Bertz CT molecular complexity index is 263. The number of hydrogen-bond donors (Lipinski definition) is 2. The van der Waals surface area contributed by atoms with Gasteiger partial charge in [-0.2, -0.15) is 0 Å². The molecule has 1 rings (SSSR count). The van der Waals surface area contributed by atoms with E-state index in [2.05, 4.69) is 10.7 Å². The van der Waals surface area contributed by atoms with Gasteiger partial charge in [0.2, 0.25) is 5.82 Å². The highest BCUT2D eigenvalue weighted by molar-refractivity contribution is 5.50. The molecule has 6 heteroatoms. The third-order valence-corrected chi connectivity index (χ3v) is 1.01. The van der Waals surface area contributed by atoms with Crippen LogP contribution in [0.1, 0.15) is 0 Å². The van der Waals surface area contributed by atoms with Crippen molar-refractivity contribution in [3.63, 3.8) is 0 Å². The molecule has 0 saturated heterocycles. The average molecular weight is 170 g/mol. The monoisotopic (exact) mass is 170 g/mol. The van der Waals surface area contributed by atoms with Crippen LogP contribution in [0.15, 0.2) is 18.3 Å². The maximum Gasteiger partial charge on any atom is 0.311 e. The van der Waals surface area contributed by atoms with Crippen molar-refractivity contribution in [3.05, 3.63) is 28.4 Å². The summed E-state index contributed by atoms with van der Waals surface area (Å²) in [6, 6.07) is 2.77. The van der Waals surface area contributed by atoms with Crippen molar-refractivity contribution in [2.45, 2.75) is 0 Å². The Morgan fingerprint density at radius 2 is 2.17 bits per heavy atom. The van der Waals surface area contributed by atoms with Crippen LogP contribution >= 0.6 is 0 Å². The van der Waals surface area contributed by atoms with Crippen LogP contribution in [0.25, 0.3) is 0 Å². The van der Waals surface area contributed by atoms with Gasteiger partial charge in [-0.3, -0.25) is 10.1 Å². The fraction of sp³-hybridized carbons (Fsp3) is 0.167.